The number of benzene rings is 2. The van der Waals surface area contributed by atoms with Crippen LogP contribution in [0.4, 0.5) is 5.69 Å². The molecule has 0 unspecified atom stereocenters. The highest BCUT2D eigenvalue weighted by Gasteiger charge is 2.14. The molecule has 0 saturated carbocycles. The van der Waals surface area contributed by atoms with Crippen molar-refractivity contribution in [2.24, 2.45) is 7.05 Å². The summed E-state index contributed by atoms with van der Waals surface area (Å²) in [6.07, 6.45) is 0. The topological polar surface area (TPSA) is 69.0 Å². The number of aromatic nitrogens is 3. The van der Waals surface area contributed by atoms with E-state index >= 15 is 0 Å². The minimum atomic E-state index is -0.0641. The molecule has 29 heavy (non-hydrogen) atoms. The van der Waals surface area contributed by atoms with Crippen LogP contribution in [0, 0.1) is 27.7 Å². The monoisotopic (exact) mass is 410 g/mol. The van der Waals surface area contributed by atoms with Gasteiger partial charge in [0, 0.05) is 12.7 Å². The molecule has 0 fully saturated rings. The van der Waals surface area contributed by atoms with Gasteiger partial charge in [-0.2, -0.15) is 0 Å². The second-order valence-corrected chi connectivity index (χ2v) is 8.07. The van der Waals surface area contributed by atoms with Crippen LogP contribution in [0.5, 0.6) is 5.75 Å². The molecule has 0 saturated heterocycles. The lowest BCUT2D eigenvalue weighted by atomic mass is 10.1. The van der Waals surface area contributed by atoms with Crippen LogP contribution < -0.4 is 10.1 Å². The highest BCUT2D eigenvalue weighted by atomic mass is 32.2. The van der Waals surface area contributed by atoms with Crippen LogP contribution in [0.1, 0.15) is 28.1 Å². The second-order valence-electron chi connectivity index (χ2n) is 7.12. The summed E-state index contributed by atoms with van der Waals surface area (Å²) in [5.74, 6) is 1.73. The number of carbonyl (C=O) groups excluding carboxylic acids is 1. The number of carbonyl (C=O) groups is 1. The molecule has 0 spiro atoms. The molecule has 0 aliphatic carbocycles. The molecule has 7 heteroatoms. The van der Waals surface area contributed by atoms with Gasteiger partial charge in [0.25, 0.3) is 0 Å². The van der Waals surface area contributed by atoms with Crippen LogP contribution in [0.25, 0.3) is 0 Å². The second kappa shape index (κ2) is 9.13. The molecular weight excluding hydrogens is 384 g/mol. The van der Waals surface area contributed by atoms with E-state index in [4.69, 9.17) is 4.74 Å². The van der Waals surface area contributed by atoms with Crippen LogP contribution in [0.2, 0.25) is 0 Å². The number of thioether (sulfide) groups is 1. The number of nitrogens with zero attached hydrogens (tertiary/aromatic N) is 3. The smallest absolute Gasteiger partial charge is 0.234 e. The Balaban J connectivity index is 1.57. The van der Waals surface area contributed by atoms with E-state index in [0.29, 0.717) is 17.6 Å². The van der Waals surface area contributed by atoms with E-state index in [-0.39, 0.29) is 11.7 Å². The molecule has 2 aromatic carbocycles. The highest BCUT2D eigenvalue weighted by Crippen LogP contribution is 2.23. The third-order valence-corrected chi connectivity index (χ3v) is 5.67. The average molecular weight is 411 g/mol. The van der Waals surface area contributed by atoms with Crippen molar-refractivity contribution in [2.45, 2.75) is 39.5 Å². The minimum absolute atomic E-state index is 0.0641. The van der Waals surface area contributed by atoms with Crippen molar-refractivity contribution < 1.29 is 9.53 Å². The van der Waals surface area contributed by atoms with Gasteiger partial charge in [-0.25, -0.2) is 0 Å². The van der Waals surface area contributed by atoms with Crippen molar-refractivity contribution in [3.8, 4) is 5.75 Å². The van der Waals surface area contributed by atoms with E-state index in [1.165, 1.54) is 17.3 Å². The zero-order valence-corrected chi connectivity index (χ0v) is 18.3. The summed E-state index contributed by atoms with van der Waals surface area (Å²) in [6, 6.07) is 12.0. The van der Waals surface area contributed by atoms with Crippen LogP contribution in [0.3, 0.4) is 0 Å². The van der Waals surface area contributed by atoms with Crippen LogP contribution >= 0.6 is 11.8 Å². The summed E-state index contributed by atoms with van der Waals surface area (Å²) in [6.45, 7) is 8.39. The first-order valence-electron chi connectivity index (χ1n) is 9.42. The maximum atomic E-state index is 12.4. The SMILES string of the molecule is Cc1cc(C)c(NC(=O)CSc2nnc(COc3ccccc3C)n2C)c(C)c1. The predicted molar refractivity (Wildman–Crippen MR) is 117 cm³/mol. The third kappa shape index (κ3) is 5.17. The molecule has 1 N–H and O–H groups in total. The van der Waals surface area contributed by atoms with Crippen LogP contribution in [-0.4, -0.2) is 26.4 Å². The Morgan fingerprint density at radius 2 is 1.76 bits per heavy atom. The fraction of sp³-hybridized carbons (Fsp3) is 0.318. The molecule has 1 amide bonds. The van der Waals surface area contributed by atoms with Gasteiger partial charge in [0.1, 0.15) is 12.4 Å². The number of para-hydroxylation sites is 1. The summed E-state index contributed by atoms with van der Waals surface area (Å²) in [7, 11) is 1.88. The maximum Gasteiger partial charge on any atom is 0.234 e. The van der Waals surface area contributed by atoms with Gasteiger partial charge in [0.05, 0.1) is 5.75 Å². The quantitative estimate of drug-likeness (QED) is 0.586. The molecule has 0 radical (unpaired) electrons. The standard InChI is InChI=1S/C22H26N4O2S/c1-14-10-16(3)21(17(4)11-14)23-20(27)13-29-22-25-24-19(26(22)5)12-28-18-9-7-6-8-15(18)2/h6-11H,12-13H2,1-5H3,(H,23,27). The van der Waals surface area contributed by atoms with E-state index in [9.17, 15) is 4.79 Å². The van der Waals surface area contributed by atoms with Crippen molar-refractivity contribution in [3.63, 3.8) is 0 Å². The van der Waals surface area contributed by atoms with Crippen molar-refractivity contribution >= 4 is 23.4 Å². The number of ether oxygens (including phenoxy) is 1. The number of amides is 1. The fourth-order valence-electron chi connectivity index (χ4n) is 3.14. The summed E-state index contributed by atoms with van der Waals surface area (Å²) in [4.78, 5) is 12.4. The number of aryl methyl sites for hydroxylation is 4. The molecule has 1 aromatic heterocycles. The maximum absolute atomic E-state index is 12.4. The first-order valence-corrected chi connectivity index (χ1v) is 10.4. The molecule has 0 aliphatic heterocycles. The summed E-state index contributed by atoms with van der Waals surface area (Å²) < 4.78 is 7.71. The predicted octanol–water partition coefficient (Wildman–Crippen LogP) is 4.36. The van der Waals surface area contributed by atoms with Gasteiger partial charge >= 0.3 is 0 Å². The Morgan fingerprint density at radius 3 is 2.45 bits per heavy atom. The molecule has 152 valence electrons. The minimum Gasteiger partial charge on any atom is -0.485 e. The largest absolute Gasteiger partial charge is 0.485 e. The highest BCUT2D eigenvalue weighted by molar-refractivity contribution is 7.99. The van der Waals surface area contributed by atoms with E-state index in [2.05, 4.69) is 34.6 Å². The average Bonchev–Trinajstić information content (AvgIpc) is 3.02. The number of hydrogen-bond donors (Lipinski definition) is 1. The summed E-state index contributed by atoms with van der Waals surface area (Å²) in [5, 5.41) is 12.1. The van der Waals surface area contributed by atoms with Gasteiger partial charge in [0.15, 0.2) is 11.0 Å². The Morgan fingerprint density at radius 1 is 1.07 bits per heavy atom. The van der Waals surface area contributed by atoms with E-state index < -0.39 is 0 Å². The van der Waals surface area contributed by atoms with Crippen molar-refractivity contribution in [1.82, 2.24) is 14.8 Å². The summed E-state index contributed by atoms with van der Waals surface area (Å²) in [5.41, 5.74) is 5.27. The van der Waals surface area contributed by atoms with E-state index in [1.807, 2.05) is 56.7 Å². The third-order valence-electron chi connectivity index (χ3n) is 4.65. The Kier molecular flexibility index (Phi) is 6.59. The fourth-order valence-corrected chi connectivity index (χ4v) is 3.87. The normalized spacial score (nSPS) is 10.8. The van der Waals surface area contributed by atoms with E-state index in [1.54, 1.807) is 0 Å². The molecule has 3 aromatic rings. The first kappa shape index (κ1) is 20.9. The van der Waals surface area contributed by atoms with Crippen molar-refractivity contribution in [3.05, 3.63) is 64.5 Å². The molecule has 3 rings (SSSR count). The van der Waals surface area contributed by atoms with Gasteiger partial charge in [-0.15, -0.1) is 10.2 Å². The lowest BCUT2D eigenvalue weighted by Crippen LogP contribution is -2.16. The molecule has 0 bridgehead atoms. The molecular formula is C22H26N4O2S. The number of anilines is 1. The molecule has 1 heterocycles. The van der Waals surface area contributed by atoms with Crippen molar-refractivity contribution in [1.29, 1.82) is 0 Å². The van der Waals surface area contributed by atoms with Crippen LogP contribution in [0.15, 0.2) is 41.6 Å². The zero-order valence-electron chi connectivity index (χ0n) is 17.4. The van der Waals surface area contributed by atoms with Crippen LogP contribution in [-0.2, 0) is 18.4 Å². The first-order chi connectivity index (χ1) is 13.8. The van der Waals surface area contributed by atoms with Gasteiger partial charge < -0.3 is 14.6 Å². The number of hydrogen-bond acceptors (Lipinski definition) is 5. The van der Waals surface area contributed by atoms with Crippen molar-refractivity contribution in [2.75, 3.05) is 11.1 Å². The van der Waals surface area contributed by atoms with Gasteiger partial charge in [-0.3, -0.25) is 4.79 Å². The molecule has 6 nitrogen and oxygen atoms in total. The van der Waals surface area contributed by atoms with Gasteiger partial charge in [-0.05, 0) is 50.5 Å². The van der Waals surface area contributed by atoms with Gasteiger partial charge in [-0.1, -0.05) is 47.7 Å². The van der Waals surface area contributed by atoms with E-state index in [0.717, 1.165) is 28.1 Å². The molecule has 0 atom stereocenters. The number of nitrogens with one attached hydrogen (secondary N) is 1. The lowest BCUT2D eigenvalue weighted by molar-refractivity contribution is -0.113. The Hall–Kier alpha value is -2.80. The summed E-state index contributed by atoms with van der Waals surface area (Å²) >= 11 is 1.36. The Bertz CT molecular complexity index is 1010. The zero-order chi connectivity index (χ0) is 21.0. The lowest BCUT2D eigenvalue weighted by Gasteiger charge is -2.12. The van der Waals surface area contributed by atoms with Gasteiger partial charge in [0.2, 0.25) is 5.91 Å². The Labute approximate surface area is 175 Å². The molecule has 0 aliphatic rings. The number of rotatable bonds is 7.